The minimum Gasteiger partial charge on any atom is -0.477 e. The van der Waals surface area contributed by atoms with Crippen LogP contribution in [-0.2, 0) is 6.42 Å². The minimum absolute atomic E-state index is 0.120. The molecule has 1 aromatic heterocycles. The summed E-state index contributed by atoms with van der Waals surface area (Å²) >= 11 is 5.81. The molecule has 2 aromatic rings. The first-order valence-corrected chi connectivity index (χ1v) is 6.67. The molecular formula is C14H14ClN3O3. The van der Waals surface area contributed by atoms with Crippen LogP contribution in [0.15, 0.2) is 30.6 Å². The second kappa shape index (κ2) is 6.41. The van der Waals surface area contributed by atoms with Crippen molar-refractivity contribution in [3.8, 4) is 0 Å². The number of hydrogen-bond donors (Lipinski definition) is 3. The molecule has 0 fully saturated rings. The van der Waals surface area contributed by atoms with Crippen molar-refractivity contribution < 1.29 is 14.7 Å². The van der Waals surface area contributed by atoms with Crippen LogP contribution in [0.4, 0.5) is 0 Å². The van der Waals surface area contributed by atoms with Gasteiger partial charge < -0.3 is 15.4 Å². The van der Waals surface area contributed by atoms with Crippen LogP contribution in [0.2, 0.25) is 5.02 Å². The molecule has 2 rings (SSSR count). The normalized spacial score (nSPS) is 11.9. The lowest BCUT2D eigenvalue weighted by molar-refractivity contribution is 0.0684. The molecule has 1 atom stereocenters. The number of nitrogens with one attached hydrogen (secondary N) is 2. The summed E-state index contributed by atoms with van der Waals surface area (Å²) in [6.07, 6.45) is 1.79. The van der Waals surface area contributed by atoms with E-state index >= 15 is 0 Å². The monoisotopic (exact) mass is 307 g/mol. The maximum absolute atomic E-state index is 12.0. The molecule has 7 heteroatoms. The number of halogens is 1. The van der Waals surface area contributed by atoms with Crippen LogP contribution in [-0.4, -0.2) is 33.0 Å². The van der Waals surface area contributed by atoms with E-state index < -0.39 is 11.9 Å². The van der Waals surface area contributed by atoms with Crippen LogP contribution in [0.25, 0.3) is 0 Å². The van der Waals surface area contributed by atoms with Crippen LogP contribution >= 0.6 is 11.6 Å². The maximum Gasteiger partial charge on any atom is 0.354 e. The first-order valence-electron chi connectivity index (χ1n) is 6.29. The van der Waals surface area contributed by atoms with Gasteiger partial charge in [-0.1, -0.05) is 23.7 Å². The van der Waals surface area contributed by atoms with Gasteiger partial charge in [-0.05, 0) is 31.0 Å². The molecule has 0 aliphatic heterocycles. The second-order valence-electron chi connectivity index (χ2n) is 4.64. The molecule has 1 amide bonds. The summed E-state index contributed by atoms with van der Waals surface area (Å²) in [6, 6.07) is 7.14. The Morgan fingerprint density at radius 1 is 1.38 bits per heavy atom. The summed E-state index contributed by atoms with van der Waals surface area (Å²) in [4.78, 5) is 29.1. The third kappa shape index (κ3) is 3.82. The number of imidazole rings is 1. The fourth-order valence-corrected chi connectivity index (χ4v) is 2.07. The van der Waals surface area contributed by atoms with Crippen molar-refractivity contribution >= 4 is 23.5 Å². The SMILES string of the molecule is CC(Cc1ccc(Cl)cc1)NC(=O)c1nc[nH]c1C(=O)O. The highest BCUT2D eigenvalue weighted by Crippen LogP contribution is 2.11. The molecule has 0 saturated carbocycles. The molecular weight excluding hydrogens is 294 g/mol. The molecule has 1 aromatic carbocycles. The average molecular weight is 308 g/mol. The van der Waals surface area contributed by atoms with Crippen LogP contribution in [0.5, 0.6) is 0 Å². The topological polar surface area (TPSA) is 95.1 Å². The van der Waals surface area contributed by atoms with E-state index in [0.717, 1.165) is 5.56 Å². The van der Waals surface area contributed by atoms with Gasteiger partial charge in [-0.2, -0.15) is 0 Å². The first kappa shape index (κ1) is 15.1. The number of carbonyl (C=O) groups excluding carboxylic acids is 1. The Balaban J connectivity index is 2.00. The average Bonchev–Trinajstić information content (AvgIpc) is 2.91. The zero-order valence-corrected chi connectivity index (χ0v) is 12.0. The second-order valence-corrected chi connectivity index (χ2v) is 5.07. The Labute approximate surface area is 126 Å². The quantitative estimate of drug-likeness (QED) is 0.788. The van der Waals surface area contributed by atoms with E-state index in [4.69, 9.17) is 16.7 Å². The number of carboxylic acids is 1. The van der Waals surface area contributed by atoms with E-state index in [9.17, 15) is 9.59 Å². The van der Waals surface area contributed by atoms with E-state index in [1.54, 1.807) is 12.1 Å². The molecule has 0 aliphatic rings. The number of hydrogen-bond acceptors (Lipinski definition) is 3. The Morgan fingerprint density at radius 3 is 2.67 bits per heavy atom. The molecule has 0 aliphatic carbocycles. The number of aromatic amines is 1. The number of carbonyl (C=O) groups is 2. The molecule has 0 radical (unpaired) electrons. The van der Waals surface area contributed by atoms with Crippen LogP contribution < -0.4 is 5.32 Å². The molecule has 0 saturated heterocycles. The summed E-state index contributed by atoms with van der Waals surface area (Å²) in [5.74, 6) is -1.74. The van der Waals surface area contributed by atoms with Crippen molar-refractivity contribution in [2.24, 2.45) is 0 Å². The van der Waals surface area contributed by atoms with Crippen molar-refractivity contribution in [2.45, 2.75) is 19.4 Å². The number of rotatable bonds is 5. The van der Waals surface area contributed by atoms with Crippen molar-refractivity contribution in [2.75, 3.05) is 0 Å². The number of H-pyrrole nitrogens is 1. The number of aromatic carboxylic acids is 1. The van der Waals surface area contributed by atoms with Crippen molar-refractivity contribution in [1.82, 2.24) is 15.3 Å². The molecule has 0 spiro atoms. The van der Waals surface area contributed by atoms with Gasteiger partial charge in [0.15, 0.2) is 11.4 Å². The maximum atomic E-state index is 12.0. The predicted octanol–water partition coefficient (Wildman–Crippen LogP) is 2.12. The smallest absolute Gasteiger partial charge is 0.354 e. The first-order chi connectivity index (χ1) is 9.97. The lowest BCUT2D eigenvalue weighted by Gasteiger charge is -2.13. The third-order valence-electron chi connectivity index (χ3n) is 2.90. The Bertz CT molecular complexity index is 652. The molecule has 0 bridgehead atoms. The van der Waals surface area contributed by atoms with Gasteiger partial charge in [0, 0.05) is 11.1 Å². The molecule has 6 nitrogen and oxygen atoms in total. The Hall–Kier alpha value is -2.34. The molecule has 110 valence electrons. The van der Waals surface area contributed by atoms with Crippen LogP contribution in [0.3, 0.4) is 0 Å². The summed E-state index contributed by atoms with van der Waals surface area (Å²) in [7, 11) is 0. The van der Waals surface area contributed by atoms with Crippen molar-refractivity contribution in [3.05, 3.63) is 52.6 Å². The minimum atomic E-state index is -1.22. The Kier molecular flexibility index (Phi) is 4.59. The largest absolute Gasteiger partial charge is 0.477 e. The zero-order chi connectivity index (χ0) is 15.4. The molecule has 3 N–H and O–H groups in total. The van der Waals surface area contributed by atoms with Crippen LogP contribution in [0.1, 0.15) is 33.5 Å². The summed E-state index contributed by atoms with van der Waals surface area (Å²) in [5.41, 5.74) is 0.685. The summed E-state index contributed by atoms with van der Waals surface area (Å²) in [6.45, 7) is 1.83. The lowest BCUT2D eigenvalue weighted by Crippen LogP contribution is -2.35. The Morgan fingerprint density at radius 2 is 2.05 bits per heavy atom. The van der Waals surface area contributed by atoms with Gasteiger partial charge >= 0.3 is 5.97 Å². The van der Waals surface area contributed by atoms with Gasteiger partial charge in [0.05, 0.1) is 6.33 Å². The molecule has 1 unspecified atom stereocenters. The number of benzene rings is 1. The van der Waals surface area contributed by atoms with E-state index in [-0.39, 0.29) is 17.4 Å². The third-order valence-corrected chi connectivity index (χ3v) is 3.15. The zero-order valence-electron chi connectivity index (χ0n) is 11.3. The molecule has 21 heavy (non-hydrogen) atoms. The van der Waals surface area contributed by atoms with Gasteiger partial charge in [-0.25, -0.2) is 9.78 Å². The van der Waals surface area contributed by atoms with Gasteiger partial charge in [0.2, 0.25) is 0 Å². The van der Waals surface area contributed by atoms with E-state index in [0.29, 0.717) is 11.4 Å². The predicted molar refractivity (Wildman–Crippen MR) is 77.6 cm³/mol. The van der Waals surface area contributed by atoms with E-state index in [2.05, 4.69) is 15.3 Å². The number of amides is 1. The fraction of sp³-hybridized carbons (Fsp3) is 0.214. The number of carboxylic acid groups (broad SMARTS) is 1. The molecule has 1 heterocycles. The van der Waals surface area contributed by atoms with Gasteiger partial charge in [0.1, 0.15) is 0 Å². The highest BCUT2D eigenvalue weighted by molar-refractivity contribution is 6.30. The van der Waals surface area contributed by atoms with Gasteiger partial charge in [-0.15, -0.1) is 0 Å². The van der Waals surface area contributed by atoms with E-state index in [1.807, 2.05) is 19.1 Å². The van der Waals surface area contributed by atoms with E-state index in [1.165, 1.54) is 6.33 Å². The highest BCUT2D eigenvalue weighted by Gasteiger charge is 2.20. The number of nitrogens with zero attached hydrogens (tertiary/aromatic N) is 1. The van der Waals surface area contributed by atoms with Crippen LogP contribution in [0, 0.1) is 0 Å². The summed E-state index contributed by atoms with van der Waals surface area (Å²) in [5, 5.41) is 12.3. The van der Waals surface area contributed by atoms with Gasteiger partial charge in [0.25, 0.3) is 5.91 Å². The number of aromatic nitrogens is 2. The van der Waals surface area contributed by atoms with Crippen molar-refractivity contribution in [1.29, 1.82) is 0 Å². The fourth-order valence-electron chi connectivity index (χ4n) is 1.95. The highest BCUT2D eigenvalue weighted by atomic mass is 35.5. The standard InChI is InChI=1S/C14H14ClN3O3/c1-8(6-9-2-4-10(15)5-3-9)18-13(19)11-12(14(20)21)17-7-16-11/h2-5,7-8H,6H2,1H3,(H,16,17)(H,18,19)(H,20,21). The summed E-state index contributed by atoms with van der Waals surface area (Å²) < 4.78 is 0. The van der Waals surface area contributed by atoms with Gasteiger partial charge in [-0.3, -0.25) is 4.79 Å². The van der Waals surface area contributed by atoms with Crippen molar-refractivity contribution in [3.63, 3.8) is 0 Å². The lowest BCUT2D eigenvalue weighted by atomic mass is 10.1.